The molecular weight excluding hydrogens is 264 g/mol. The molecule has 0 amide bonds. The Morgan fingerprint density at radius 2 is 1.81 bits per heavy atom. The smallest absolute Gasteiger partial charge is 0.122 e. The van der Waals surface area contributed by atoms with Gasteiger partial charge in [0.05, 0.1) is 14.2 Å². The first kappa shape index (κ1) is 16.1. The SMILES string of the molecule is CCCN(CC1CC1)C(CN)c1cc(OC)cc(OC)c1. The van der Waals surface area contributed by atoms with Gasteiger partial charge in [0.2, 0.25) is 0 Å². The van der Waals surface area contributed by atoms with Crippen molar-refractivity contribution in [2.24, 2.45) is 11.7 Å². The van der Waals surface area contributed by atoms with Crippen molar-refractivity contribution in [1.82, 2.24) is 4.90 Å². The van der Waals surface area contributed by atoms with E-state index < -0.39 is 0 Å². The van der Waals surface area contributed by atoms with Crippen LogP contribution in [0.15, 0.2) is 18.2 Å². The number of ether oxygens (including phenoxy) is 2. The monoisotopic (exact) mass is 292 g/mol. The maximum absolute atomic E-state index is 6.09. The zero-order chi connectivity index (χ0) is 15.2. The maximum Gasteiger partial charge on any atom is 0.122 e. The van der Waals surface area contributed by atoms with Crippen LogP contribution < -0.4 is 15.2 Å². The van der Waals surface area contributed by atoms with E-state index in [1.54, 1.807) is 14.2 Å². The Balaban J connectivity index is 2.24. The van der Waals surface area contributed by atoms with E-state index in [2.05, 4.69) is 24.0 Å². The molecule has 1 aliphatic carbocycles. The number of rotatable bonds is 9. The highest BCUT2D eigenvalue weighted by Crippen LogP contribution is 2.34. The van der Waals surface area contributed by atoms with Gasteiger partial charge < -0.3 is 15.2 Å². The molecule has 21 heavy (non-hydrogen) atoms. The van der Waals surface area contributed by atoms with Gasteiger partial charge in [0.25, 0.3) is 0 Å². The first-order valence-electron chi connectivity index (χ1n) is 7.88. The first-order chi connectivity index (χ1) is 10.2. The van der Waals surface area contributed by atoms with E-state index in [1.165, 1.54) is 18.4 Å². The van der Waals surface area contributed by atoms with Crippen LogP contribution >= 0.6 is 0 Å². The molecule has 1 aromatic carbocycles. The highest BCUT2D eigenvalue weighted by molar-refractivity contribution is 5.40. The molecule has 0 spiro atoms. The molecule has 0 aromatic heterocycles. The molecule has 0 radical (unpaired) electrons. The molecule has 4 heteroatoms. The number of nitrogens with zero attached hydrogens (tertiary/aromatic N) is 1. The molecular formula is C17H28N2O2. The van der Waals surface area contributed by atoms with Crippen molar-refractivity contribution in [2.75, 3.05) is 33.9 Å². The van der Waals surface area contributed by atoms with Crippen molar-refractivity contribution in [2.45, 2.75) is 32.2 Å². The Morgan fingerprint density at radius 3 is 2.24 bits per heavy atom. The fourth-order valence-corrected chi connectivity index (χ4v) is 2.81. The summed E-state index contributed by atoms with van der Waals surface area (Å²) in [4.78, 5) is 2.52. The fourth-order valence-electron chi connectivity index (χ4n) is 2.81. The van der Waals surface area contributed by atoms with Gasteiger partial charge in [-0.05, 0) is 49.4 Å². The standard InChI is InChI=1S/C17H28N2O2/c1-4-7-19(12-13-5-6-13)17(11-18)14-8-15(20-2)10-16(9-14)21-3/h8-10,13,17H,4-7,11-12,18H2,1-3H3. The van der Waals surface area contributed by atoms with E-state index in [1.807, 2.05) is 6.07 Å². The van der Waals surface area contributed by atoms with E-state index in [0.29, 0.717) is 6.54 Å². The summed E-state index contributed by atoms with van der Waals surface area (Å²) in [5.41, 5.74) is 7.28. The molecule has 2 N–H and O–H groups in total. The van der Waals surface area contributed by atoms with Gasteiger partial charge in [-0.3, -0.25) is 4.90 Å². The number of methoxy groups -OCH3 is 2. The van der Waals surface area contributed by atoms with Crippen LogP contribution in [0.5, 0.6) is 11.5 Å². The average Bonchev–Trinajstić information content (AvgIpc) is 3.31. The molecule has 0 saturated heterocycles. The highest BCUT2D eigenvalue weighted by Gasteiger charge is 2.28. The van der Waals surface area contributed by atoms with Crippen LogP contribution in [0.3, 0.4) is 0 Å². The second-order valence-corrected chi connectivity index (χ2v) is 5.84. The summed E-state index contributed by atoms with van der Waals surface area (Å²) >= 11 is 0. The minimum Gasteiger partial charge on any atom is -0.497 e. The quantitative estimate of drug-likeness (QED) is 0.760. The molecule has 1 atom stereocenters. The normalized spacial score (nSPS) is 16.0. The molecule has 0 heterocycles. The van der Waals surface area contributed by atoms with Gasteiger partial charge in [0, 0.05) is 25.2 Å². The van der Waals surface area contributed by atoms with Crippen molar-refractivity contribution in [3.8, 4) is 11.5 Å². The first-order valence-corrected chi connectivity index (χ1v) is 7.88. The molecule has 0 bridgehead atoms. The Bertz CT molecular complexity index is 424. The summed E-state index contributed by atoms with van der Waals surface area (Å²) in [5.74, 6) is 2.51. The van der Waals surface area contributed by atoms with Crippen LogP contribution in [-0.2, 0) is 0 Å². The van der Waals surface area contributed by atoms with Crippen molar-refractivity contribution < 1.29 is 9.47 Å². The van der Waals surface area contributed by atoms with Gasteiger partial charge in [0.15, 0.2) is 0 Å². The van der Waals surface area contributed by atoms with E-state index in [0.717, 1.165) is 36.9 Å². The Kier molecular flexibility index (Phi) is 5.88. The van der Waals surface area contributed by atoms with E-state index in [9.17, 15) is 0 Å². The predicted molar refractivity (Wildman–Crippen MR) is 85.9 cm³/mol. The van der Waals surface area contributed by atoms with Gasteiger partial charge in [-0.25, -0.2) is 0 Å². The number of benzene rings is 1. The molecule has 118 valence electrons. The minimum absolute atomic E-state index is 0.231. The molecule has 4 nitrogen and oxygen atoms in total. The average molecular weight is 292 g/mol. The molecule has 1 aromatic rings. The molecule has 1 saturated carbocycles. The number of hydrogen-bond acceptors (Lipinski definition) is 4. The lowest BCUT2D eigenvalue weighted by molar-refractivity contribution is 0.192. The third-order valence-corrected chi connectivity index (χ3v) is 4.12. The number of hydrogen-bond donors (Lipinski definition) is 1. The predicted octanol–water partition coefficient (Wildman–Crippen LogP) is 2.83. The van der Waals surface area contributed by atoms with Crippen molar-refractivity contribution in [3.05, 3.63) is 23.8 Å². The second-order valence-electron chi connectivity index (χ2n) is 5.84. The lowest BCUT2D eigenvalue weighted by Crippen LogP contribution is -2.36. The van der Waals surface area contributed by atoms with Gasteiger partial charge >= 0.3 is 0 Å². The van der Waals surface area contributed by atoms with Crippen LogP contribution in [0.1, 0.15) is 37.8 Å². The largest absolute Gasteiger partial charge is 0.497 e. The Morgan fingerprint density at radius 1 is 1.19 bits per heavy atom. The maximum atomic E-state index is 6.09. The van der Waals surface area contributed by atoms with Crippen LogP contribution in [0.4, 0.5) is 0 Å². The van der Waals surface area contributed by atoms with Crippen LogP contribution in [0.25, 0.3) is 0 Å². The van der Waals surface area contributed by atoms with Crippen molar-refractivity contribution in [3.63, 3.8) is 0 Å². The Hall–Kier alpha value is -1.26. The number of nitrogens with two attached hydrogens (primary N) is 1. The summed E-state index contributed by atoms with van der Waals surface area (Å²) < 4.78 is 10.8. The van der Waals surface area contributed by atoms with E-state index in [-0.39, 0.29) is 6.04 Å². The van der Waals surface area contributed by atoms with E-state index in [4.69, 9.17) is 15.2 Å². The van der Waals surface area contributed by atoms with Crippen molar-refractivity contribution in [1.29, 1.82) is 0 Å². The summed E-state index contributed by atoms with van der Waals surface area (Å²) in [5, 5.41) is 0. The molecule has 1 aliphatic rings. The van der Waals surface area contributed by atoms with Gasteiger partial charge in [-0.2, -0.15) is 0 Å². The summed E-state index contributed by atoms with van der Waals surface area (Å²) in [7, 11) is 3.37. The zero-order valence-electron chi connectivity index (χ0n) is 13.5. The third kappa shape index (κ3) is 4.35. The minimum atomic E-state index is 0.231. The van der Waals surface area contributed by atoms with Crippen LogP contribution in [0, 0.1) is 5.92 Å². The fraction of sp³-hybridized carbons (Fsp3) is 0.647. The summed E-state index contributed by atoms with van der Waals surface area (Å²) in [6.45, 7) is 5.07. The van der Waals surface area contributed by atoms with Crippen LogP contribution in [-0.4, -0.2) is 38.8 Å². The highest BCUT2D eigenvalue weighted by atomic mass is 16.5. The molecule has 0 aliphatic heterocycles. The van der Waals surface area contributed by atoms with Crippen molar-refractivity contribution >= 4 is 0 Å². The Labute approximate surface area is 128 Å². The second kappa shape index (κ2) is 7.66. The topological polar surface area (TPSA) is 47.7 Å². The molecule has 1 unspecified atom stereocenters. The summed E-state index contributed by atoms with van der Waals surface area (Å²) in [6.07, 6.45) is 3.86. The zero-order valence-corrected chi connectivity index (χ0v) is 13.5. The lowest BCUT2D eigenvalue weighted by Gasteiger charge is -2.31. The van der Waals surface area contributed by atoms with Gasteiger partial charge in [-0.15, -0.1) is 0 Å². The van der Waals surface area contributed by atoms with Gasteiger partial charge in [0.1, 0.15) is 11.5 Å². The van der Waals surface area contributed by atoms with Crippen LogP contribution in [0.2, 0.25) is 0 Å². The van der Waals surface area contributed by atoms with Gasteiger partial charge in [-0.1, -0.05) is 6.92 Å². The summed E-state index contributed by atoms with van der Waals surface area (Å²) in [6, 6.07) is 6.29. The third-order valence-electron chi connectivity index (χ3n) is 4.12. The lowest BCUT2D eigenvalue weighted by atomic mass is 10.0. The molecule has 2 rings (SSSR count). The van der Waals surface area contributed by atoms with E-state index >= 15 is 0 Å². The molecule has 1 fully saturated rings.